The summed E-state index contributed by atoms with van der Waals surface area (Å²) in [7, 11) is 1.68. The Morgan fingerprint density at radius 2 is 2.33 bits per heavy atom. The number of anilines is 1. The van der Waals surface area contributed by atoms with E-state index in [0.717, 1.165) is 37.2 Å². The van der Waals surface area contributed by atoms with Crippen LogP contribution in [0, 0.1) is 0 Å². The Morgan fingerprint density at radius 3 is 3.10 bits per heavy atom. The lowest BCUT2D eigenvalue weighted by molar-refractivity contribution is -0.116. The van der Waals surface area contributed by atoms with E-state index in [9.17, 15) is 4.79 Å². The maximum absolute atomic E-state index is 12.0. The van der Waals surface area contributed by atoms with Gasteiger partial charge in [-0.15, -0.1) is 0 Å². The molecule has 21 heavy (non-hydrogen) atoms. The molecular weight excluding hydrogens is 268 g/mol. The Kier molecular flexibility index (Phi) is 6.50. The van der Waals surface area contributed by atoms with Crippen molar-refractivity contribution in [2.45, 2.75) is 31.7 Å². The number of carbonyl (C=O) groups is 1. The summed E-state index contributed by atoms with van der Waals surface area (Å²) in [5, 5.41) is 6.25. The third-order valence-electron chi connectivity index (χ3n) is 3.47. The molecule has 0 saturated carbocycles. The molecule has 1 aliphatic rings. The van der Waals surface area contributed by atoms with Crippen molar-refractivity contribution < 1.29 is 14.3 Å². The fraction of sp³-hybridized carbons (Fsp3) is 0.562. The lowest BCUT2D eigenvalue weighted by Crippen LogP contribution is -2.27. The van der Waals surface area contributed by atoms with Gasteiger partial charge in [0.05, 0.1) is 6.61 Å². The van der Waals surface area contributed by atoms with E-state index in [2.05, 4.69) is 10.6 Å². The Morgan fingerprint density at radius 1 is 1.43 bits per heavy atom. The molecule has 0 spiro atoms. The molecule has 1 saturated heterocycles. The molecule has 116 valence electrons. The van der Waals surface area contributed by atoms with Gasteiger partial charge in [0.25, 0.3) is 0 Å². The van der Waals surface area contributed by atoms with E-state index in [1.54, 1.807) is 7.11 Å². The molecule has 1 aliphatic heterocycles. The highest BCUT2D eigenvalue weighted by atomic mass is 16.5. The third kappa shape index (κ3) is 5.73. The minimum atomic E-state index is 0.0472. The summed E-state index contributed by atoms with van der Waals surface area (Å²) in [6, 6.07) is 7.82. The fourth-order valence-electron chi connectivity index (χ4n) is 2.42. The highest BCUT2D eigenvalue weighted by Crippen LogP contribution is 2.18. The largest absolute Gasteiger partial charge is 0.493 e. The van der Waals surface area contributed by atoms with Crippen molar-refractivity contribution in [3.05, 3.63) is 24.3 Å². The van der Waals surface area contributed by atoms with Crippen LogP contribution in [0.15, 0.2) is 24.3 Å². The molecule has 5 heteroatoms. The molecule has 0 aromatic heterocycles. The summed E-state index contributed by atoms with van der Waals surface area (Å²) in [6.07, 6.45) is 3.61. The molecule has 5 nitrogen and oxygen atoms in total. The van der Waals surface area contributed by atoms with Crippen LogP contribution in [0.5, 0.6) is 5.75 Å². The molecule has 1 atom stereocenters. The topological polar surface area (TPSA) is 59.6 Å². The van der Waals surface area contributed by atoms with Gasteiger partial charge < -0.3 is 20.1 Å². The third-order valence-corrected chi connectivity index (χ3v) is 3.47. The number of methoxy groups -OCH3 is 1. The van der Waals surface area contributed by atoms with Crippen LogP contribution in [0.2, 0.25) is 0 Å². The van der Waals surface area contributed by atoms with E-state index in [-0.39, 0.29) is 5.91 Å². The zero-order chi connectivity index (χ0) is 14.9. The SMILES string of the molecule is COCCCOc1cccc(NC(=O)CC2CCCN2)c1. The number of rotatable bonds is 8. The second-order valence-corrected chi connectivity index (χ2v) is 5.27. The van der Waals surface area contributed by atoms with E-state index >= 15 is 0 Å². The van der Waals surface area contributed by atoms with E-state index < -0.39 is 0 Å². The Hall–Kier alpha value is -1.59. The van der Waals surface area contributed by atoms with Gasteiger partial charge in [-0.1, -0.05) is 6.07 Å². The Balaban J connectivity index is 1.78. The van der Waals surface area contributed by atoms with Gasteiger partial charge in [0, 0.05) is 44.4 Å². The first kappa shape index (κ1) is 15.8. The van der Waals surface area contributed by atoms with Crippen LogP contribution in [0.25, 0.3) is 0 Å². The lowest BCUT2D eigenvalue weighted by Gasteiger charge is -2.11. The Bertz CT molecular complexity index is 445. The average Bonchev–Trinajstić information content (AvgIpc) is 2.97. The number of hydrogen-bond acceptors (Lipinski definition) is 4. The summed E-state index contributed by atoms with van der Waals surface area (Å²) in [6.45, 7) is 2.31. The van der Waals surface area contributed by atoms with E-state index in [1.807, 2.05) is 24.3 Å². The van der Waals surface area contributed by atoms with Gasteiger partial charge in [-0.05, 0) is 31.5 Å². The smallest absolute Gasteiger partial charge is 0.225 e. The molecule has 0 bridgehead atoms. The van der Waals surface area contributed by atoms with Crippen LogP contribution in [-0.4, -0.2) is 38.8 Å². The van der Waals surface area contributed by atoms with Crippen molar-refractivity contribution in [2.75, 3.05) is 32.2 Å². The first-order chi connectivity index (χ1) is 10.3. The number of ether oxygens (including phenoxy) is 2. The first-order valence-electron chi connectivity index (χ1n) is 7.53. The number of carbonyl (C=O) groups excluding carboxylic acids is 1. The summed E-state index contributed by atoms with van der Waals surface area (Å²) in [4.78, 5) is 12.0. The van der Waals surface area contributed by atoms with Crippen molar-refractivity contribution in [3.8, 4) is 5.75 Å². The van der Waals surface area contributed by atoms with Crippen LogP contribution in [0.3, 0.4) is 0 Å². The lowest BCUT2D eigenvalue weighted by atomic mass is 10.1. The van der Waals surface area contributed by atoms with Gasteiger partial charge in [0.15, 0.2) is 0 Å². The second kappa shape index (κ2) is 8.64. The number of hydrogen-bond donors (Lipinski definition) is 2. The molecule has 1 amide bonds. The second-order valence-electron chi connectivity index (χ2n) is 5.27. The zero-order valence-electron chi connectivity index (χ0n) is 12.6. The van der Waals surface area contributed by atoms with E-state index in [1.165, 1.54) is 0 Å². The van der Waals surface area contributed by atoms with Gasteiger partial charge in [0.1, 0.15) is 5.75 Å². The summed E-state index contributed by atoms with van der Waals surface area (Å²) >= 11 is 0. The van der Waals surface area contributed by atoms with E-state index in [0.29, 0.717) is 25.7 Å². The predicted molar refractivity (Wildman–Crippen MR) is 82.7 cm³/mol. The van der Waals surface area contributed by atoms with Crippen LogP contribution >= 0.6 is 0 Å². The molecule has 1 fully saturated rings. The predicted octanol–water partition coefficient (Wildman–Crippen LogP) is 2.18. The maximum Gasteiger partial charge on any atom is 0.225 e. The minimum Gasteiger partial charge on any atom is -0.493 e. The van der Waals surface area contributed by atoms with Crippen molar-refractivity contribution in [3.63, 3.8) is 0 Å². The van der Waals surface area contributed by atoms with Crippen LogP contribution in [0.1, 0.15) is 25.7 Å². The molecule has 0 aliphatic carbocycles. The maximum atomic E-state index is 12.0. The van der Waals surface area contributed by atoms with Gasteiger partial charge in [-0.2, -0.15) is 0 Å². The van der Waals surface area contributed by atoms with Crippen molar-refractivity contribution in [1.29, 1.82) is 0 Å². The Labute approximate surface area is 126 Å². The molecule has 1 aromatic rings. The van der Waals surface area contributed by atoms with Gasteiger partial charge in [0.2, 0.25) is 5.91 Å². The number of amides is 1. The van der Waals surface area contributed by atoms with Crippen molar-refractivity contribution >= 4 is 11.6 Å². The average molecular weight is 292 g/mol. The normalized spacial score (nSPS) is 17.7. The summed E-state index contributed by atoms with van der Waals surface area (Å²) < 4.78 is 10.6. The standard InChI is InChI=1S/C16H24N2O3/c1-20-9-4-10-21-15-7-2-5-14(11-15)18-16(19)12-13-6-3-8-17-13/h2,5,7,11,13,17H,3-4,6,8-10,12H2,1H3,(H,18,19). The summed E-state index contributed by atoms with van der Waals surface area (Å²) in [5.74, 6) is 0.814. The highest BCUT2D eigenvalue weighted by molar-refractivity contribution is 5.91. The number of nitrogens with one attached hydrogen (secondary N) is 2. The molecule has 1 heterocycles. The first-order valence-corrected chi connectivity index (χ1v) is 7.53. The van der Waals surface area contributed by atoms with Crippen molar-refractivity contribution in [1.82, 2.24) is 5.32 Å². The quantitative estimate of drug-likeness (QED) is 0.721. The monoisotopic (exact) mass is 292 g/mol. The fourth-order valence-corrected chi connectivity index (χ4v) is 2.42. The molecule has 1 unspecified atom stereocenters. The molecule has 2 rings (SSSR count). The minimum absolute atomic E-state index is 0.0472. The number of benzene rings is 1. The molecular formula is C16H24N2O3. The van der Waals surface area contributed by atoms with Gasteiger partial charge in [-0.25, -0.2) is 0 Å². The van der Waals surface area contributed by atoms with Crippen LogP contribution in [0.4, 0.5) is 5.69 Å². The van der Waals surface area contributed by atoms with E-state index in [4.69, 9.17) is 9.47 Å². The van der Waals surface area contributed by atoms with Gasteiger partial charge in [-0.3, -0.25) is 4.79 Å². The molecule has 1 aromatic carbocycles. The summed E-state index contributed by atoms with van der Waals surface area (Å²) in [5.41, 5.74) is 0.780. The van der Waals surface area contributed by atoms with Crippen molar-refractivity contribution in [2.24, 2.45) is 0 Å². The molecule has 2 N–H and O–H groups in total. The van der Waals surface area contributed by atoms with Crippen LogP contribution < -0.4 is 15.4 Å². The van der Waals surface area contributed by atoms with Gasteiger partial charge >= 0.3 is 0 Å². The zero-order valence-corrected chi connectivity index (χ0v) is 12.6. The highest BCUT2D eigenvalue weighted by Gasteiger charge is 2.17. The molecule has 0 radical (unpaired) electrons. The van der Waals surface area contributed by atoms with Crippen LogP contribution in [-0.2, 0) is 9.53 Å².